The first kappa shape index (κ1) is 19.8. The summed E-state index contributed by atoms with van der Waals surface area (Å²) in [4.78, 5) is 26.6. The van der Waals surface area contributed by atoms with E-state index >= 15 is 0 Å². The Kier molecular flexibility index (Phi) is 5.84. The first-order chi connectivity index (χ1) is 14.7. The van der Waals surface area contributed by atoms with Gasteiger partial charge in [-0.15, -0.1) is 0 Å². The lowest BCUT2D eigenvalue weighted by Gasteiger charge is -2.17. The number of ether oxygens (including phenoxy) is 2. The number of benzene rings is 3. The molecule has 0 aliphatic carbocycles. The van der Waals surface area contributed by atoms with Gasteiger partial charge in [0.25, 0.3) is 5.91 Å². The van der Waals surface area contributed by atoms with Crippen LogP contribution in [-0.2, 0) is 4.79 Å². The lowest BCUT2D eigenvalue weighted by atomic mass is 10.1. The second kappa shape index (κ2) is 8.86. The molecule has 0 unspecified atom stereocenters. The van der Waals surface area contributed by atoms with Crippen molar-refractivity contribution in [2.45, 2.75) is 12.8 Å². The summed E-state index contributed by atoms with van der Waals surface area (Å²) in [7, 11) is 1.62. The number of nitrogens with one attached hydrogen (secondary N) is 1. The number of carbonyl (C=O) groups is 2. The SMILES string of the molecule is COc1ccc(OCCNC(=O)CCCN2C(=O)c3cccc4cccc2c34)cc1. The number of carbonyl (C=O) groups excluding carboxylic acids is 2. The van der Waals surface area contributed by atoms with Crippen LogP contribution >= 0.6 is 0 Å². The topological polar surface area (TPSA) is 67.9 Å². The number of hydrogen-bond donors (Lipinski definition) is 1. The molecule has 0 radical (unpaired) electrons. The summed E-state index contributed by atoms with van der Waals surface area (Å²) >= 11 is 0. The van der Waals surface area contributed by atoms with E-state index in [9.17, 15) is 9.59 Å². The normalized spacial score (nSPS) is 12.3. The molecule has 0 atom stereocenters. The smallest absolute Gasteiger partial charge is 0.258 e. The van der Waals surface area contributed by atoms with E-state index < -0.39 is 0 Å². The van der Waals surface area contributed by atoms with E-state index in [1.54, 1.807) is 12.0 Å². The number of hydrogen-bond acceptors (Lipinski definition) is 4. The summed E-state index contributed by atoms with van der Waals surface area (Å²) in [6.45, 7) is 1.33. The van der Waals surface area contributed by atoms with Crippen molar-refractivity contribution in [3.8, 4) is 11.5 Å². The molecule has 1 aliphatic rings. The van der Waals surface area contributed by atoms with E-state index in [2.05, 4.69) is 5.32 Å². The third-order valence-electron chi connectivity index (χ3n) is 5.19. The van der Waals surface area contributed by atoms with Crippen LogP contribution in [0.2, 0.25) is 0 Å². The summed E-state index contributed by atoms with van der Waals surface area (Å²) in [6, 6.07) is 19.0. The van der Waals surface area contributed by atoms with Gasteiger partial charge in [0, 0.05) is 23.9 Å². The Labute approximate surface area is 175 Å². The Bertz CT molecular complexity index is 1060. The van der Waals surface area contributed by atoms with Gasteiger partial charge in [0.2, 0.25) is 5.91 Å². The summed E-state index contributed by atoms with van der Waals surface area (Å²) in [6.07, 6.45) is 0.958. The standard InChI is InChI=1S/C24H24N2O4/c1-29-18-10-12-19(13-11-18)30-16-14-25-22(27)9-4-15-26-21-8-3-6-17-5-2-7-20(23(17)21)24(26)28/h2-3,5-8,10-13H,4,9,14-16H2,1H3,(H,25,27). The van der Waals surface area contributed by atoms with Crippen LogP contribution in [0.15, 0.2) is 60.7 Å². The van der Waals surface area contributed by atoms with Gasteiger partial charge in [-0.3, -0.25) is 9.59 Å². The molecule has 4 rings (SSSR count). The van der Waals surface area contributed by atoms with Crippen molar-refractivity contribution in [1.82, 2.24) is 5.32 Å². The van der Waals surface area contributed by atoms with Crippen molar-refractivity contribution in [1.29, 1.82) is 0 Å². The predicted octanol–water partition coefficient (Wildman–Crippen LogP) is 3.78. The maximum Gasteiger partial charge on any atom is 0.258 e. The lowest BCUT2D eigenvalue weighted by Crippen LogP contribution is -2.31. The average Bonchev–Trinajstić information content (AvgIpc) is 3.05. The van der Waals surface area contributed by atoms with Crippen LogP contribution < -0.4 is 19.7 Å². The molecule has 6 heteroatoms. The molecule has 30 heavy (non-hydrogen) atoms. The Hall–Kier alpha value is -3.54. The predicted molar refractivity (Wildman–Crippen MR) is 116 cm³/mol. The van der Waals surface area contributed by atoms with E-state index in [4.69, 9.17) is 9.47 Å². The van der Waals surface area contributed by atoms with E-state index in [0.717, 1.165) is 33.5 Å². The fraction of sp³-hybridized carbons (Fsp3) is 0.250. The Balaban J connectivity index is 1.21. The first-order valence-electron chi connectivity index (χ1n) is 10.0. The van der Waals surface area contributed by atoms with E-state index in [0.29, 0.717) is 32.5 Å². The minimum absolute atomic E-state index is 0.00935. The minimum atomic E-state index is -0.0456. The third kappa shape index (κ3) is 4.08. The largest absolute Gasteiger partial charge is 0.497 e. The number of rotatable bonds is 9. The van der Waals surface area contributed by atoms with Gasteiger partial charge >= 0.3 is 0 Å². The molecule has 1 N–H and O–H groups in total. The Morgan fingerprint density at radius 1 is 1.00 bits per heavy atom. The fourth-order valence-corrected chi connectivity index (χ4v) is 3.72. The molecule has 1 heterocycles. The summed E-state index contributed by atoms with van der Waals surface area (Å²) in [5.41, 5.74) is 1.67. The monoisotopic (exact) mass is 404 g/mol. The van der Waals surface area contributed by atoms with Crippen LogP contribution in [0.4, 0.5) is 5.69 Å². The average molecular weight is 404 g/mol. The Morgan fingerprint density at radius 3 is 2.50 bits per heavy atom. The molecule has 3 aromatic carbocycles. The van der Waals surface area contributed by atoms with Crippen molar-refractivity contribution < 1.29 is 19.1 Å². The highest BCUT2D eigenvalue weighted by atomic mass is 16.5. The zero-order chi connectivity index (χ0) is 20.9. The van der Waals surface area contributed by atoms with Crippen LogP contribution in [0, 0.1) is 0 Å². The molecule has 0 saturated carbocycles. The van der Waals surface area contributed by atoms with Gasteiger partial charge in [-0.25, -0.2) is 0 Å². The zero-order valence-electron chi connectivity index (χ0n) is 16.9. The second-order valence-corrected chi connectivity index (χ2v) is 7.12. The third-order valence-corrected chi connectivity index (χ3v) is 5.19. The van der Waals surface area contributed by atoms with Crippen molar-refractivity contribution in [2.75, 3.05) is 31.7 Å². The van der Waals surface area contributed by atoms with Crippen LogP contribution in [0.5, 0.6) is 11.5 Å². The van der Waals surface area contributed by atoms with Crippen LogP contribution in [0.25, 0.3) is 10.8 Å². The molecule has 0 spiro atoms. The first-order valence-corrected chi connectivity index (χ1v) is 10.0. The molecule has 3 aromatic rings. The molecular weight excluding hydrogens is 380 g/mol. The van der Waals surface area contributed by atoms with E-state index in [1.807, 2.05) is 60.7 Å². The van der Waals surface area contributed by atoms with Gasteiger partial charge in [0.1, 0.15) is 18.1 Å². The maximum absolute atomic E-state index is 12.7. The van der Waals surface area contributed by atoms with Crippen molar-refractivity contribution >= 4 is 28.3 Å². The van der Waals surface area contributed by atoms with Crippen molar-refractivity contribution in [3.63, 3.8) is 0 Å². The zero-order valence-corrected chi connectivity index (χ0v) is 16.9. The quantitative estimate of drug-likeness (QED) is 0.551. The van der Waals surface area contributed by atoms with Gasteiger partial charge in [-0.05, 0) is 48.2 Å². The Morgan fingerprint density at radius 2 is 1.73 bits per heavy atom. The summed E-state index contributed by atoms with van der Waals surface area (Å²) in [5, 5.41) is 4.93. The fourth-order valence-electron chi connectivity index (χ4n) is 3.72. The van der Waals surface area contributed by atoms with Gasteiger partial charge in [0.05, 0.1) is 19.3 Å². The molecule has 0 fully saturated rings. The van der Waals surface area contributed by atoms with Crippen LogP contribution in [0.3, 0.4) is 0 Å². The summed E-state index contributed by atoms with van der Waals surface area (Å²) in [5.74, 6) is 1.46. The molecule has 154 valence electrons. The highest BCUT2D eigenvalue weighted by Gasteiger charge is 2.28. The number of nitrogens with zero attached hydrogens (tertiary/aromatic N) is 1. The van der Waals surface area contributed by atoms with Crippen LogP contribution in [0.1, 0.15) is 23.2 Å². The van der Waals surface area contributed by atoms with Gasteiger partial charge < -0.3 is 19.7 Å². The number of anilines is 1. The highest BCUT2D eigenvalue weighted by molar-refractivity contribution is 6.25. The number of amides is 2. The molecule has 0 bridgehead atoms. The second-order valence-electron chi connectivity index (χ2n) is 7.12. The van der Waals surface area contributed by atoms with Crippen molar-refractivity contribution in [2.24, 2.45) is 0 Å². The molecular formula is C24H24N2O4. The molecule has 6 nitrogen and oxygen atoms in total. The molecule has 0 saturated heterocycles. The molecule has 0 aromatic heterocycles. The number of methoxy groups -OCH3 is 1. The lowest BCUT2D eigenvalue weighted by molar-refractivity contribution is -0.121. The molecule has 1 aliphatic heterocycles. The van der Waals surface area contributed by atoms with Gasteiger partial charge in [-0.2, -0.15) is 0 Å². The van der Waals surface area contributed by atoms with E-state index in [1.165, 1.54) is 0 Å². The van der Waals surface area contributed by atoms with Crippen molar-refractivity contribution in [3.05, 3.63) is 66.2 Å². The van der Waals surface area contributed by atoms with Gasteiger partial charge in [0.15, 0.2) is 0 Å². The van der Waals surface area contributed by atoms with Crippen LogP contribution in [-0.4, -0.2) is 38.6 Å². The van der Waals surface area contributed by atoms with Gasteiger partial charge in [-0.1, -0.05) is 24.3 Å². The molecule has 2 amide bonds. The van der Waals surface area contributed by atoms with E-state index in [-0.39, 0.29) is 11.8 Å². The minimum Gasteiger partial charge on any atom is -0.497 e. The maximum atomic E-state index is 12.7. The summed E-state index contributed by atoms with van der Waals surface area (Å²) < 4.78 is 10.7. The highest BCUT2D eigenvalue weighted by Crippen LogP contribution is 2.37.